The molecule has 0 aromatic heterocycles. The first-order valence-electron chi connectivity index (χ1n) is 8.25. The molecule has 1 heterocycles. The van der Waals surface area contributed by atoms with E-state index in [0.29, 0.717) is 6.04 Å². The zero-order valence-corrected chi connectivity index (χ0v) is 14.2. The Morgan fingerprint density at radius 2 is 1.83 bits per heavy atom. The average molecular weight is 311 g/mol. The highest BCUT2D eigenvalue weighted by atomic mass is 16.5. The van der Waals surface area contributed by atoms with Gasteiger partial charge in [-0.2, -0.15) is 0 Å². The van der Waals surface area contributed by atoms with Crippen LogP contribution >= 0.6 is 0 Å². The van der Waals surface area contributed by atoms with Crippen LogP contribution in [0.4, 0.5) is 0 Å². The van der Waals surface area contributed by atoms with Crippen LogP contribution in [0.5, 0.6) is 11.5 Å². The summed E-state index contributed by atoms with van der Waals surface area (Å²) in [6.07, 6.45) is 3.21. The molecule has 0 spiro atoms. The highest BCUT2D eigenvalue weighted by Gasteiger charge is 2.22. The standard InChI is InChI=1S/C20H25NO2/c1-14-6-4-5-7-15(14)8-9-18-17-13-20(23-3)19(22-2)12-16(17)10-11-21-18/h4-7,12-13,18,21H,8-11H2,1-3H3/t18-/m0/s1. The third-order valence-corrected chi connectivity index (χ3v) is 4.77. The number of aryl methyl sites for hydroxylation is 2. The fraction of sp³-hybridized carbons (Fsp3) is 0.400. The van der Waals surface area contributed by atoms with Crippen LogP contribution in [-0.4, -0.2) is 20.8 Å². The van der Waals surface area contributed by atoms with Crippen molar-refractivity contribution in [3.8, 4) is 11.5 Å². The lowest BCUT2D eigenvalue weighted by atomic mass is 9.89. The maximum Gasteiger partial charge on any atom is 0.161 e. The molecule has 0 unspecified atom stereocenters. The van der Waals surface area contributed by atoms with E-state index in [1.807, 2.05) is 0 Å². The normalized spacial score (nSPS) is 16.7. The molecule has 3 heteroatoms. The van der Waals surface area contributed by atoms with Crippen molar-refractivity contribution < 1.29 is 9.47 Å². The van der Waals surface area contributed by atoms with Crippen molar-refractivity contribution in [2.75, 3.05) is 20.8 Å². The SMILES string of the molecule is COc1cc2c(cc1OC)[C@H](CCc1ccccc1C)NCC2. The van der Waals surface area contributed by atoms with Crippen LogP contribution < -0.4 is 14.8 Å². The lowest BCUT2D eigenvalue weighted by Gasteiger charge is -2.28. The van der Waals surface area contributed by atoms with Crippen LogP contribution in [0.15, 0.2) is 36.4 Å². The van der Waals surface area contributed by atoms with Crippen LogP contribution in [0.1, 0.15) is 34.7 Å². The van der Waals surface area contributed by atoms with Gasteiger partial charge >= 0.3 is 0 Å². The Kier molecular flexibility index (Phi) is 4.87. The number of benzene rings is 2. The number of fused-ring (bicyclic) bond motifs is 1. The summed E-state index contributed by atoms with van der Waals surface area (Å²) in [6, 6.07) is 13.3. The summed E-state index contributed by atoms with van der Waals surface area (Å²) in [5.74, 6) is 1.64. The van der Waals surface area contributed by atoms with Crippen molar-refractivity contribution in [1.82, 2.24) is 5.32 Å². The molecule has 23 heavy (non-hydrogen) atoms. The molecule has 0 fully saturated rings. The molecule has 0 amide bonds. The van der Waals surface area contributed by atoms with Crippen molar-refractivity contribution in [2.24, 2.45) is 0 Å². The summed E-state index contributed by atoms with van der Waals surface area (Å²) in [6.45, 7) is 3.20. The van der Waals surface area contributed by atoms with Crippen LogP contribution in [-0.2, 0) is 12.8 Å². The van der Waals surface area contributed by atoms with E-state index in [1.165, 1.54) is 22.3 Å². The largest absolute Gasteiger partial charge is 0.493 e. The molecular formula is C20H25NO2. The number of hydrogen-bond donors (Lipinski definition) is 1. The minimum absolute atomic E-state index is 0.373. The molecule has 1 aliphatic heterocycles. The number of rotatable bonds is 5. The molecule has 0 bridgehead atoms. The number of ether oxygens (including phenoxy) is 2. The van der Waals surface area contributed by atoms with E-state index in [2.05, 4.69) is 48.6 Å². The molecule has 2 aromatic carbocycles. The predicted molar refractivity (Wildman–Crippen MR) is 93.5 cm³/mol. The summed E-state index contributed by atoms with van der Waals surface area (Å²) >= 11 is 0. The molecule has 3 nitrogen and oxygen atoms in total. The third kappa shape index (κ3) is 3.35. The van der Waals surface area contributed by atoms with Gasteiger partial charge in [-0.05, 0) is 67.1 Å². The zero-order chi connectivity index (χ0) is 16.2. The van der Waals surface area contributed by atoms with Crippen LogP contribution in [0.3, 0.4) is 0 Å². The fourth-order valence-electron chi connectivity index (χ4n) is 3.42. The Balaban J connectivity index is 1.82. The summed E-state index contributed by atoms with van der Waals surface area (Å²) in [7, 11) is 3.39. The van der Waals surface area contributed by atoms with Crippen molar-refractivity contribution >= 4 is 0 Å². The second-order valence-corrected chi connectivity index (χ2v) is 6.13. The van der Waals surface area contributed by atoms with E-state index in [1.54, 1.807) is 14.2 Å². The Morgan fingerprint density at radius 1 is 1.09 bits per heavy atom. The first-order valence-corrected chi connectivity index (χ1v) is 8.25. The summed E-state index contributed by atoms with van der Waals surface area (Å²) < 4.78 is 10.9. The maximum atomic E-state index is 5.48. The van der Waals surface area contributed by atoms with Crippen LogP contribution in [0.2, 0.25) is 0 Å². The molecule has 1 aliphatic rings. The Hall–Kier alpha value is -2.00. The first kappa shape index (κ1) is 15.9. The molecule has 122 valence electrons. The highest BCUT2D eigenvalue weighted by molar-refractivity contribution is 5.49. The van der Waals surface area contributed by atoms with Crippen LogP contribution in [0, 0.1) is 6.92 Å². The quantitative estimate of drug-likeness (QED) is 0.910. The molecule has 0 radical (unpaired) electrons. The summed E-state index contributed by atoms with van der Waals surface area (Å²) in [5, 5.41) is 3.66. The second-order valence-electron chi connectivity index (χ2n) is 6.13. The zero-order valence-electron chi connectivity index (χ0n) is 14.2. The van der Waals surface area contributed by atoms with Gasteiger partial charge < -0.3 is 14.8 Å². The Labute approximate surface area is 138 Å². The molecule has 2 aromatic rings. The summed E-state index contributed by atoms with van der Waals surface area (Å²) in [4.78, 5) is 0. The second kappa shape index (κ2) is 7.05. The smallest absolute Gasteiger partial charge is 0.161 e. The monoisotopic (exact) mass is 311 g/mol. The van der Waals surface area contributed by atoms with Gasteiger partial charge in [0.25, 0.3) is 0 Å². The van der Waals surface area contributed by atoms with Gasteiger partial charge in [-0.15, -0.1) is 0 Å². The fourth-order valence-corrected chi connectivity index (χ4v) is 3.42. The molecular weight excluding hydrogens is 286 g/mol. The third-order valence-electron chi connectivity index (χ3n) is 4.77. The Bertz CT molecular complexity index is 681. The molecule has 0 aliphatic carbocycles. The van der Waals surface area contributed by atoms with E-state index < -0.39 is 0 Å². The van der Waals surface area contributed by atoms with E-state index in [4.69, 9.17) is 9.47 Å². The number of hydrogen-bond acceptors (Lipinski definition) is 3. The molecule has 1 N–H and O–H groups in total. The van der Waals surface area contributed by atoms with Crippen LogP contribution in [0.25, 0.3) is 0 Å². The minimum atomic E-state index is 0.373. The van der Waals surface area contributed by atoms with Gasteiger partial charge in [-0.3, -0.25) is 0 Å². The van der Waals surface area contributed by atoms with Crippen molar-refractivity contribution in [3.63, 3.8) is 0 Å². The topological polar surface area (TPSA) is 30.5 Å². The molecule has 0 saturated heterocycles. The maximum absolute atomic E-state index is 5.48. The van der Waals surface area contributed by atoms with E-state index in [9.17, 15) is 0 Å². The van der Waals surface area contributed by atoms with Gasteiger partial charge in [0, 0.05) is 6.04 Å². The lowest BCUT2D eigenvalue weighted by molar-refractivity contribution is 0.351. The van der Waals surface area contributed by atoms with Crippen molar-refractivity contribution in [2.45, 2.75) is 32.2 Å². The van der Waals surface area contributed by atoms with Gasteiger partial charge in [0.15, 0.2) is 11.5 Å². The van der Waals surface area contributed by atoms with E-state index >= 15 is 0 Å². The van der Waals surface area contributed by atoms with Gasteiger partial charge in [0.1, 0.15) is 0 Å². The first-order chi connectivity index (χ1) is 11.2. The number of nitrogens with one attached hydrogen (secondary N) is 1. The molecule has 3 rings (SSSR count). The minimum Gasteiger partial charge on any atom is -0.493 e. The van der Waals surface area contributed by atoms with Gasteiger partial charge in [0.05, 0.1) is 14.2 Å². The molecule has 1 atom stereocenters. The van der Waals surface area contributed by atoms with Gasteiger partial charge in [0.2, 0.25) is 0 Å². The number of methoxy groups -OCH3 is 2. The summed E-state index contributed by atoms with van der Waals surface area (Å²) in [5.41, 5.74) is 5.52. The van der Waals surface area contributed by atoms with Crippen molar-refractivity contribution in [1.29, 1.82) is 0 Å². The van der Waals surface area contributed by atoms with E-state index in [-0.39, 0.29) is 0 Å². The van der Waals surface area contributed by atoms with Gasteiger partial charge in [-0.1, -0.05) is 24.3 Å². The Morgan fingerprint density at radius 3 is 2.57 bits per heavy atom. The average Bonchev–Trinajstić information content (AvgIpc) is 2.59. The molecule has 0 saturated carbocycles. The van der Waals surface area contributed by atoms with Crippen molar-refractivity contribution in [3.05, 3.63) is 58.7 Å². The predicted octanol–water partition coefficient (Wildman–Crippen LogP) is 3.83. The lowest BCUT2D eigenvalue weighted by Crippen LogP contribution is -2.30. The highest BCUT2D eigenvalue weighted by Crippen LogP contribution is 2.36. The van der Waals surface area contributed by atoms with E-state index in [0.717, 1.165) is 37.3 Å². The van der Waals surface area contributed by atoms with Gasteiger partial charge in [-0.25, -0.2) is 0 Å².